The first-order chi connectivity index (χ1) is 16.4. The first kappa shape index (κ1) is 22.5. The van der Waals surface area contributed by atoms with Crippen molar-refractivity contribution in [2.75, 3.05) is 5.73 Å². The van der Waals surface area contributed by atoms with Crippen molar-refractivity contribution in [2.45, 2.75) is 43.6 Å². The Labute approximate surface area is 202 Å². The third-order valence-corrected chi connectivity index (χ3v) is 7.28. The van der Waals surface area contributed by atoms with Gasteiger partial charge in [0.25, 0.3) is 5.56 Å². The molecule has 0 atom stereocenters. The fraction of sp³-hybridized carbons (Fsp3) is 0.250. The second-order valence-corrected chi connectivity index (χ2v) is 9.61. The van der Waals surface area contributed by atoms with Crippen molar-refractivity contribution in [3.8, 4) is 5.75 Å². The topological polar surface area (TPSA) is 68.1 Å². The monoisotopic (exact) mass is 476 g/mol. The number of rotatable bonds is 5. The molecule has 0 saturated heterocycles. The van der Waals surface area contributed by atoms with Crippen molar-refractivity contribution in [2.24, 2.45) is 0 Å². The molecule has 5 rings (SSSR count). The summed E-state index contributed by atoms with van der Waals surface area (Å²) < 4.78 is 20.0. The number of ether oxygens (including phenoxy) is 1. The van der Waals surface area contributed by atoms with E-state index in [1.165, 1.54) is 5.56 Å². The van der Waals surface area contributed by atoms with Crippen LogP contribution in [0.25, 0.3) is 10.8 Å². The lowest BCUT2D eigenvalue weighted by Gasteiger charge is -2.41. The van der Waals surface area contributed by atoms with E-state index in [-0.39, 0.29) is 22.9 Å². The van der Waals surface area contributed by atoms with E-state index >= 15 is 0 Å². The lowest BCUT2D eigenvalue weighted by Crippen LogP contribution is -2.37. The van der Waals surface area contributed by atoms with Gasteiger partial charge in [0.05, 0.1) is 11.1 Å². The molecule has 3 aromatic carbocycles. The molecule has 1 aromatic heterocycles. The van der Waals surface area contributed by atoms with Crippen molar-refractivity contribution >= 4 is 28.1 Å². The van der Waals surface area contributed by atoms with Gasteiger partial charge in [-0.15, -0.1) is 0 Å². The number of halogens is 2. The molecule has 1 aliphatic carbocycles. The van der Waals surface area contributed by atoms with Crippen LogP contribution in [0.5, 0.6) is 5.75 Å². The van der Waals surface area contributed by atoms with Gasteiger partial charge in [0.1, 0.15) is 11.6 Å². The maximum atomic E-state index is 13.7. The van der Waals surface area contributed by atoms with Crippen LogP contribution in [0.1, 0.15) is 36.8 Å². The van der Waals surface area contributed by atoms with Gasteiger partial charge in [-0.05, 0) is 96.5 Å². The zero-order valence-electron chi connectivity index (χ0n) is 18.7. The minimum Gasteiger partial charge on any atom is -0.489 e. The number of nitrogens with one attached hydrogen (secondary N) is 1. The maximum Gasteiger partial charge on any atom is 0.255 e. The molecule has 4 nitrogen and oxygen atoms in total. The van der Waals surface area contributed by atoms with Crippen LogP contribution in [-0.2, 0) is 11.8 Å². The van der Waals surface area contributed by atoms with E-state index in [0.29, 0.717) is 16.2 Å². The minimum atomic E-state index is -0.229. The quantitative estimate of drug-likeness (QED) is 0.327. The Bertz CT molecular complexity index is 1360. The predicted octanol–water partition coefficient (Wildman–Crippen LogP) is 6.40. The highest BCUT2D eigenvalue weighted by atomic mass is 35.5. The van der Waals surface area contributed by atoms with Crippen molar-refractivity contribution in [3.05, 3.63) is 105 Å². The summed E-state index contributed by atoms with van der Waals surface area (Å²) >= 11 is 6.46. The number of fused-ring (bicyclic) bond motifs is 1. The van der Waals surface area contributed by atoms with Crippen LogP contribution >= 0.6 is 11.6 Å². The molecule has 34 heavy (non-hydrogen) atoms. The van der Waals surface area contributed by atoms with Crippen LogP contribution in [0, 0.1) is 5.82 Å². The number of nitrogens with two attached hydrogens (primary N) is 1. The molecule has 0 spiro atoms. The summed E-state index contributed by atoms with van der Waals surface area (Å²) in [5, 5.41) is 1.77. The first-order valence-electron chi connectivity index (χ1n) is 11.5. The summed E-state index contributed by atoms with van der Waals surface area (Å²) in [5.41, 5.74) is 8.70. The third-order valence-electron chi connectivity index (χ3n) is 6.99. The second-order valence-electron chi connectivity index (χ2n) is 9.20. The van der Waals surface area contributed by atoms with Crippen LogP contribution in [0.15, 0.2) is 77.7 Å². The second kappa shape index (κ2) is 9.15. The normalized spacial score (nSPS) is 20.4. The molecule has 4 aromatic rings. The zero-order valence-corrected chi connectivity index (χ0v) is 19.4. The number of nitrogen functional groups attached to an aromatic ring is 1. The first-order valence-corrected chi connectivity index (χ1v) is 11.9. The Hall–Kier alpha value is -3.31. The highest BCUT2D eigenvalue weighted by molar-refractivity contribution is 6.32. The van der Waals surface area contributed by atoms with Gasteiger partial charge in [-0.1, -0.05) is 35.9 Å². The molecule has 0 amide bonds. The van der Waals surface area contributed by atoms with Crippen molar-refractivity contribution < 1.29 is 9.13 Å². The molecule has 3 N–H and O–H groups in total. The number of hydrogen-bond donors (Lipinski definition) is 2. The van der Waals surface area contributed by atoms with E-state index in [4.69, 9.17) is 22.1 Å². The number of pyridine rings is 1. The number of benzene rings is 3. The lowest BCUT2D eigenvalue weighted by atomic mass is 9.65. The van der Waals surface area contributed by atoms with E-state index in [0.717, 1.165) is 48.7 Å². The number of aromatic nitrogens is 1. The summed E-state index contributed by atoms with van der Waals surface area (Å²) in [7, 11) is 0. The van der Waals surface area contributed by atoms with Gasteiger partial charge in [-0.25, -0.2) is 4.39 Å². The van der Waals surface area contributed by atoms with Crippen LogP contribution in [0.3, 0.4) is 0 Å². The third kappa shape index (κ3) is 4.53. The summed E-state index contributed by atoms with van der Waals surface area (Å²) in [6.07, 6.45) is 5.97. The molecule has 0 unspecified atom stereocenters. The Kier molecular flexibility index (Phi) is 6.05. The van der Waals surface area contributed by atoms with E-state index < -0.39 is 0 Å². The largest absolute Gasteiger partial charge is 0.489 e. The lowest BCUT2D eigenvalue weighted by molar-refractivity contribution is 0.116. The summed E-state index contributed by atoms with van der Waals surface area (Å²) in [6.45, 7) is 0. The van der Waals surface area contributed by atoms with Crippen molar-refractivity contribution in [3.63, 3.8) is 0 Å². The smallest absolute Gasteiger partial charge is 0.255 e. The van der Waals surface area contributed by atoms with Crippen LogP contribution in [-0.4, -0.2) is 11.1 Å². The number of anilines is 1. The van der Waals surface area contributed by atoms with Gasteiger partial charge in [0.15, 0.2) is 0 Å². The fourth-order valence-electron chi connectivity index (χ4n) is 5.12. The highest BCUT2D eigenvalue weighted by Crippen LogP contribution is 2.44. The molecule has 0 radical (unpaired) electrons. The average molecular weight is 477 g/mol. The molecule has 1 aliphatic rings. The zero-order chi connectivity index (χ0) is 23.7. The van der Waals surface area contributed by atoms with Crippen LogP contribution < -0.4 is 16.0 Å². The molecule has 1 fully saturated rings. The number of hydrogen-bond acceptors (Lipinski definition) is 3. The minimum absolute atomic E-state index is 0.0111. The van der Waals surface area contributed by atoms with Gasteiger partial charge in [-0.3, -0.25) is 4.79 Å². The molecule has 0 aliphatic heterocycles. The Morgan fingerprint density at radius 3 is 2.44 bits per heavy atom. The number of H-pyrrole nitrogens is 1. The number of aromatic amines is 1. The molecule has 1 heterocycles. The van der Waals surface area contributed by atoms with E-state index in [1.54, 1.807) is 24.4 Å². The van der Waals surface area contributed by atoms with E-state index in [2.05, 4.69) is 17.1 Å². The van der Waals surface area contributed by atoms with Gasteiger partial charge in [-0.2, -0.15) is 0 Å². The molecule has 0 bridgehead atoms. The maximum absolute atomic E-state index is 13.7. The SMILES string of the molecule is Nc1ccc(CC2(c3ccc(F)cc3)CCC(Oc3cc4cc[nH]c(=O)c4cc3Cl)CC2)cc1. The summed E-state index contributed by atoms with van der Waals surface area (Å²) in [5.74, 6) is 0.366. The van der Waals surface area contributed by atoms with Crippen molar-refractivity contribution in [1.29, 1.82) is 0 Å². The Morgan fingerprint density at radius 2 is 1.74 bits per heavy atom. The Morgan fingerprint density at radius 1 is 1.03 bits per heavy atom. The molecule has 6 heteroatoms. The van der Waals surface area contributed by atoms with E-state index in [1.807, 2.05) is 36.4 Å². The fourth-order valence-corrected chi connectivity index (χ4v) is 5.33. The van der Waals surface area contributed by atoms with Crippen molar-refractivity contribution in [1.82, 2.24) is 4.98 Å². The van der Waals surface area contributed by atoms with Crippen LogP contribution in [0.4, 0.5) is 10.1 Å². The van der Waals surface area contributed by atoms with Gasteiger partial charge >= 0.3 is 0 Å². The standard InChI is InChI=1S/C28H26ClFN2O2/c29-25-16-24-19(11-14-32-27(24)33)15-26(25)34-23-9-12-28(13-10-23,20-3-5-21(30)6-4-20)17-18-1-7-22(31)8-2-18/h1-8,11,14-16,23H,9-10,12-13,17,31H2,(H,32,33). The van der Waals surface area contributed by atoms with E-state index in [9.17, 15) is 9.18 Å². The average Bonchev–Trinajstić information content (AvgIpc) is 2.83. The van der Waals surface area contributed by atoms with Gasteiger partial charge < -0.3 is 15.5 Å². The Balaban J connectivity index is 1.38. The molecular weight excluding hydrogens is 451 g/mol. The summed E-state index contributed by atoms with van der Waals surface area (Å²) in [4.78, 5) is 14.7. The van der Waals surface area contributed by atoms with Gasteiger partial charge in [0.2, 0.25) is 0 Å². The molecular formula is C28H26ClFN2O2. The molecule has 174 valence electrons. The molecule has 1 saturated carbocycles. The highest BCUT2D eigenvalue weighted by Gasteiger charge is 2.38. The predicted molar refractivity (Wildman–Crippen MR) is 135 cm³/mol. The summed E-state index contributed by atoms with van der Waals surface area (Å²) in [6, 6.07) is 20.2. The van der Waals surface area contributed by atoms with Crippen LogP contribution in [0.2, 0.25) is 5.02 Å². The van der Waals surface area contributed by atoms with Gasteiger partial charge in [0, 0.05) is 17.3 Å².